The summed E-state index contributed by atoms with van der Waals surface area (Å²) in [5, 5.41) is 0. The molecular weight excluding hydrogens is 412 g/mol. The van der Waals surface area contributed by atoms with Crippen LogP contribution in [0.3, 0.4) is 0 Å². The summed E-state index contributed by atoms with van der Waals surface area (Å²) in [6, 6.07) is 39.3. The fourth-order valence-electron chi connectivity index (χ4n) is 5.22. The number of rotatable bonds is 1. The van der Waals surface area contributed by atoms with Crippen molar-refractivity contribution in [3.63, 3.8) is 0 Å². The van der Waals surface area contributed by atoms with Crippen LogP contribution in [-0.2, 0) is 6.98 Å². The van der Waals surface area contributed by atoms with Gasteiger partial charge in [-0.05, 0) is 44.5 Å². The van der Waals surface area contributed by atoms with E-state index in [4.69, 9.17) is 4.11 Å². The molecular formula is C32H22N2. The van der Waals surface area contributed by atoms with Crippen LogP contribution < -0.4 is 4.57 Å². The molecule has 7 rings (SSSR count). The molecule has 0 radical (unpaired) electrons. The average molecular weight is 438 g/mol. The maximum absolute atomic E-state index is 8.26. The highest BCUT2D eigenvalue weighted by Crippen LogP contribution is 2.48. The second-order valence-electron chi connectivity index (χ2n) is 8.63. The minimum absolute atomic E-state index is 0.615. The minimum atomic E-state index is -2.38. The molecule has 0 fully saturated rings. The summed E-state index contributed by atoms with van der Waals surface area (Å²) in [6.45, 7) is -2.38. The third-order valence-corrected chi connectivity index (χ3v) is 6.75. The predicted octanol–water partition coefficient (Wildman–Crippen LogP) is 7.24. The van der Waals surface area contributed by atoms with Gasteiger partial charge in [0.2, 0.25) is 6.33 Å². The van der Waals surface area contributed by atoms with Crippen molar-refractivity contribution in [2.75, 3.05) is 0 Å². The molecule has 0 N–H and O–H groups in total. The Morgan fingerprint density at radius 3 is 1.50 bits per heavy atom. The van der Waals surface area contributed by atoms with E-state index in [0.717, 1.165) is 50.1 Å². The standard InChI is InChI=1S/C32H22N2/c1-33-21-34(22-11-3-2-4-12-22)32-20-30-28-18-10-8-16-26(28)24-14-6-5-13-23(24)25-15-7-9-17-27(25)29(30)19-31(32)33/h2-20H,1H3/i1D3. The van der Waals surface area contributed by atoms with Gasteiger partial charge in [-0.25, -0.2) is 0 Å². The Morgan fingerprint density at radius 2 is 1.00 bits per heavy atom. The summed E-state index contributed by atoms with van der Waals surface area (Å²) >= 11 is 0. The normalized spacial score (nSPS) is 13.4. The maximum Gasteiger partial charge on any atom is 0.244 e. The van der Waals surface area contributed by atoms with Crippen LogP contribution in [0.15, 0.2) is 115 Å². The lowest BCUT2D eigenvalue weighted by atomic mass is 9.81. The fourth-order valence-corrected chi connectivity index (χ4v) is 5.22. The molecule has 0 bridgehead atoms. The molecule has 6 aromatic rings. The van der Waals surface area contributed by atoms with E-state index in [1.807, 2.05) is 47.0 Å². The van der Waals surface area contributed by atoms with Gasteiger partial charge in [-0.2, -0.15) is 0 Å². The largest absolute Gasteiger partial charge is 0.319 e. The smallest absolute Gasteiger partial charge is 0.244 e. The first-order chi connectivity index (χ1) is 18.0. The molecule has 34 heavy (non-hydrogen) atoms. The number of hydrogen-bond acceptors (Lipinski definition) is 0. The summed E-state index contributed by atoms with van der Waals surface area (Å²) < 4.78 is 27.9. The molecule has 0 atom stereocenters. The second kappa shape index (κ2) is 7.29. The Kier molecular flexibility index (Phi) is 3.48. The summed E-state index contributed by atoms with van der Waals surface area (Å²) in [4.78, 5) is 0. The van der Waals surface area contributed by atoms with Crippen molar-refractivity contribution in [3.8, 4) is 50.2 Å². The molecule has 0 amide bonds. The minimum Gasteiger partial charge on any atom is -0.319 e. The lowest BCUT2D eigenvalue weighted by Gasteiger charge is -2.23. The number of aromatic nitrogens is 2. The molecule has 160 valence electrons. The van der Waals surface area contributed by atoms with Gasteiger partial charge in [-0.1, -0.05) is 115 Å². The van der Waals surface area contributed by atoms with E-state index in [1.54, 1.807) is 0 Å². The number of hydrogen-bond donors (Lipinski definition) is 0. The summed E-state index contributed by atoms with van der Waals surface area (Å²) in [5.74, 6) is 0. The highest BCUT2D eigenvalue weighted by Gasteiger charge is 2.22. The van der Waals surface area contributed by atoms with Gasteiger partial charge in [-0.3, -0.25) is 0 Å². The van der Waals surface area contributed by atoms with Crippen molar-refractivity contribution in [1.29, 1.82) is 0 Å². The molecule has 2 heteroatoms. The third kappa shape index (κ3) is 2.72. The van der Waals surface area contributed by atoms with Crippen LogP contribution in [-0.4, -0.2) is 4.57 Å². The van der Waals surface area contributed by atoms with Gasteiger partial charge in [0.25, 0.3) is 0 Å². The zero-order chi connectivity index (χ0) is 25.1. The van der Waals surface area contributed by atoms with Crippen LogP contribution in [0, 0.1) is 6.33 Å². The predicted molar refractivity (Wildman–Crippen MR) is 139 cm³/mol. The Bertz CT molecular complexity index is 1810. The third-order valence-electron chi connectivity index (χ3n) is 6.75. The van der Waals surface area contributed by atoms with Gasteiger partial charge in [0.1, 0.15) is 0 Å². The first-order valence-corrected chi connectivity index (χ1v) is 11.4. The quantitative estimate of drug-likeness (QED) is 0.189. The monoisotopic (exact) mass is 437 g/mol. The molecule has 1 aliphatic carbocycles. The van der Waals surface area contributed by atoms with E-state index in [9.17, 15) is 0 Å². The molecule has 0 aliphatic heterocycles. The number of benzene rings is 5. The van der Waals surface area contributed by atoms with Gasteiger partial charge in [-0.15, -0.1) is 0 Å². The number of nitrogens with zero attached hydrogens (tertiary/aromatic N) is 2. The van der Waals surface area contributed by atoms with Crippen molar-refractivity contribution in [3.05, 3.63) is 122 Å². The number of aryl methyl sites for hydroxylation is 1. The van der Waals surface area contributed by atoms with E-state index in [1.165, 1.54) is 10.1 Å². The van der Waals surface area contributed by atoms with Crippen LogP contribution in [0.4, 0.5) is 0 Å². The Balaban J connectivity index is 1.66. The van der Waals surface area contributed by atoms with Crippen LogP contribution in [0.25, 0.3) is 61.2 Å². The van der Waals surface area contributed by atoms with Crippen LogP contribution in [0.2, 0.25) is 0 Å². The van der Waals surface area contributed by atoms with Gasteiger partial charge >= 0.3 is 0 Å². The fraction of sp³-hybridized carbons (Fsp3) is 0.0312. The van der Waals surface area contributed by atoms with Gasteiger partial charge in [0.15, 0.2) is 0 Å². The molecule has 5 aromatic carbocycles. The molecule has 1 aromatic heterocycles. The van der Waals surface area contributed by atoms with Crippen molar-refractivity contribution in [1.82, 2.24) is 4.57 Å². The topological polar surface area (TPSA) is 8.81 Å². The van der Waals surface area contributed by atoms with Crippen LogP contribution in [0.1, 0.15) is 4.11 Å². The van der Waals surface area contributed by atoms with E-state index >= 15 is 0 Å². The number of fused-ring (bicyclic) bond motifs is 9. The average Bonchev–Trinajstić information content (AvgIpc) is 3.31. The van der Waals surface area contributed by atoms with Crippen molar-refractivity contribution in [2.45, 2.75) is 0 Å². The van der Waals surface area contributed by atoms with Crippen molar-refractivity contribution < 1.29 is 8.68 Å². The molecule has 0 unspecified atom stereocenters. The van der Waals surface area contributed by atoms with Gasteiger partial charge < -0.3 is 9.13 Å². The highest BCUT2D eigenvalue weighted by molar-refractivity contribution is 6.05. The molecule has 0 saturated heterocycles. The summed E-state index contributed by atoms with van der Waals surface area (Å²) in [5.41, 5.74) is 11.1. The maximum atomic E-state index is 8.26. The molecule has 1 aliphatic rings. The SMILES string of the molecule is [2H]C([2H])([2H])n1[c-][n+](-c2ccccc2)c2cc3c(cc21)-c1ccccc1-c1ccccc1-c1ccccc1-3. The molecule has 0 spiro atoms. The van der Waals surface area contributed by atoms with E-state index in [2.05, 4.69) is 79.1 Å². The van der Waals surface area contributed by atoms with Gasteiger partial charge in [0.05, 0.1) is 27.8 Å². The zero-order valence-electron chi connectivity index (χ0n) is 21.4. The number of para-hydroxylation sites is 1. The summed E-state index contributed by atoms with van der Waals surface area (Å²) in [7, 11) is 0. The molecule has 0 saturated carbocycles. The second-order valence-corrected chi connectivity index (χ2v) is 8.63. The van der Waals surface area contributed by atoms with E-state index in [-0.39, 0.29) is 0 Å². The van der Waals surface area contributed by atoms with Crippen molar-refractivity contribution >= 4 is 11.0 Å². The summed E-state index contributed by atoms with van der Waals surface area (Å²) in [6.07, 6.45) is 3.14. The van der Waals surface area contributed by atoms with E-state index in [0.29, 0.717) is 5.52 Å². The first-order valence-electron chi connectivity index (χ1n) is 12.9. The lowest BCUT2D eigenvalue weighted by Crippen LogP contribution is -2.29. The Morgan fingerprint density at radius 1 is 0.559 bits per heavy atom. The molecule has 1 heterocycles. The van der Waals surface area contributed by atoms with Crippen LogP contribution >= 0.6 is 0 Å². The number of imidazole rings is 1. The Labute approximate surface area is 203 Å². The van der Waals surface area contributed by atoms with Crippen molar-refractivity contribution in [2.24, 2.45) is 6.98 Å². The lowest BCUT2D eigenvalue weighted by molar-refractivity contribution is -0.572. The Hall–Kier alpha value is -4.43. The van der Waals surface area contributed by atoms with E-state index < -0.39 is 6.98 Å². The first kappa shape index (κ1) is 16.2. The zero-order valence-corrected chi connectivity index (χ0v) is 18.4. The van der Waals surface area contributed by atoms with Crippen LogP contribution in [0.5, 0.6) is 0 Å². The molecule has 2 nitrogen and oxygen atoms in total. The van der Waals surface area contributed by atoms with Gasteiger partial charge in [0, 0.05) is 0 Å². The highest BCUT2D eigenvalue weighted by atomic mass is 15.1.